The summed E-state index contributed by atoms with van der Waals surface area (Å²) >= 11 is 0. The van der Waals surface area contributed by atoms with Crippen LogP contribution in [0.25, 0.3) is 0 Å². The Balaban J connectivity index is 1.27. The van der Waals surface area contributed by atoms with Crippen molar-refractivity contribution >= 4 is 5.91 Å². The number of carbonyl (C=O) groups is 1. The molecule has 7 heteroatoms. The molecule has 1 N–H and O–H groups in total. The molecule has 0 spiro atoms. The molecular weight excluding hydrogens is 356 g/mol. The molecule has 2 aliphatic heterocycles. The maximum absolute atomic E-state index is 12.5. The predicted octanol–water partition coefficient (Wildman–Crippen LogP) is 2.17. The standard InChI is InChI=1S/C21H28N4O3/c1-15-17(12-22-24(15)2)13-25-8-3-4-18(7-9-25)23-21(26)11-16-5-6-19-20(10-16)28-14-27-19/h5-6,10,12,18H,3-4,7-9,11,13-14H2,1-2H3,(H,23,26). The monoisotopic (exact) mass is 384 g/mol. The smallest absolute Gasteiger partial charge is 0.231 e. The van der Waals surface area contributed by atoms with Crippen LogP contribution < -0.4 is 14.8 Å². The van der Waals surface area contributed by atoms with Gasteiger partial charge < -0.3 is 14.8 Å². The van der Waals surface area contributed by atoms with Crippen LogP contribution in [0.4, 0.5) is 0 Å². The number of likely N-dealkylation sites (tertiary alicyclic amines) is 1. The molecule has 3 heterocycles. The van der Waals surface area contributed by atoms with Gasteiger partial charge in [-0.3, -0.25) is 14.4 Å². The third kappa shape index (κ3) is 4.30. The van der Waals surface area contributed by atoms with E-state index in [1.165, 1.54) is 11.3 Å². The highest BCUT2D eigenvalue weighted by Crippen LogP contribution is 2.32. The van der Waals surface area contributed by atoms with Crippen molar-refractivity contribution in [3.8, 4) is 11.5 Å². The van der Waals surface area contributed by atoms with Crippen LogP contribution in [0.1, 0.15) is 36.1 Å². The summed E-state index contributed by atoms with van der Waals surface area (Å²) in [7, 11) is 1.98. The Bertz CT molecular complexity index is 848. The molecular formula is C21H28N4O3. The number of fused-ring (bicyclic) bond motifs is 1. The van der Waals surface area contributed by atoms with Crippen LogP contribution in [-0.2, 0) is 24.8 Å². The highest BCUT2D eigenvalue weighted by atomic mass is 16.7. The van der Waals surface area contributed by atoms with Crippen LogP contribution in [0.3, 0.4) is 0 Å². The third-order valence-corrected chi connectivity index (χ3v) is 5.72. The lowest BCUT2D eigenvalue weighted by atomic mass is 10.1. The van der Waals surface area contributed by atoms with Crippen molar-refractivity contribution in [3.05, 3.63) is 41.2 Å². The minimum Gasteiger partial charge on any atom is -0.454 e. The van der Waals surface area contributed by atoms with Gasteiger partial charge in [-0.05, 0) is 50.4 Å². The molecule has 1 aromatic heterocycles. The maximum Gasteiger partial charge on any atom is 0.231 e. The molecule has 0 radical (unpaired) electrons. The first-order chi connectivity index (χ1) is 13.6. The van der Waals surface area contributed by atoms with Gasteiger partial charge in [-0.2, -0.15) is 5.10 Å². The molecule has 28 heavy (non-hydrogen) atoms. The Kier molecular flexibility index (Phi) is 5.52. The van der Waals surface area contributed by atoms with Crippen molar-refractivity contribution in [2.75, 3.05) is 19.9 Å². The fourth-order valence-electron chi connectivity index (χ4n) is 3.91. The van der Waals surface area contributed by atoms with Crippen LogP contribution in [0.15, 0.2) is 24.4 Å². The molecule has 0 saturated carbocycles. The van der Waals surface area contributed by atoms with Gasteiger partial charge in [0.15, 0.2) is 11.5 Å². The summed E-state index contributed by atoms with van der Waals surface area (Å²) in [6.07, 6.45) is 5.42. The van der Waals surface area contributed by atoms with Crippen molar-refractivity contribution in [2.24, 2.45) is 7.05 Å². The summed E-state index contributed by atoms with van der Waals surface area (Å²) in [4.78, 5) is 15.0. The highest BCUT2D eigenvalue weighted by molar-refractivity contribution is 5.79. The number of benzene rings is 1. The Morgan fingerprint density at radius 1 is 1.25 bits per heavy atom. The first kappa shape index (κ1) is 18.8. The SMILES string of the molecule is Cc1c(CN2CCCC(NC(=O)Cc3ccc4c(c3)OCO4)CC2)cnn1C. The number of nitrogens with zero attached hydrogens (tertiary/aromatic N) is 3. The van der Waals surface area contributed by atoms with Crippen LogP contribution in [0, 0.1) is 6.92 Å². The second kappa shape index (κ2) is 8.22. The Hall–Kier alpha value is -2.54. The molecule has 4 rings (SSSR count). The number of aryl methyl sites for hydroxylation is 1. The van der Waals surface area contributed by atoms with Gasteiger partial charge in [0.2, 0.25) is 12.7 Å². The van der Waals surface area contributed by atoms with E-state index in [-0.39, 0.29) is 18.7 Å². The van der Waals surface area contributed by atoms with E-state index in [1.54, 1.807) is 0 Å². The second-order valence-corrected chi connectivity index (χ2v) is 7.71. The lowest BCUT2D eigenvalue weighted by Gasteiger charge is -2.20. The van der Waals surface area contributed by atoms with E-state index < -0.39 is 0 Å². The number of carbonyl (C=O) groups excluding carboxylic acids is 1. The fourth-order valence-corrected chi connectivity index (χ4v) is 3.91. The lowest BCUT2D eigenvalue weighted by Crippen LogP contribution is -2.36. The number of hydrogen-bond acceptors (Lipinski definition) is 5. The molecule has 7 nitrogen and oxygen atoms in total. The van der Waals surface area contributed by atoms with E-state index in [1.807, 2.05) is 36.1 Å². The van der Waals surface area contributed by atoms with E-state index in [2.05, 4.69) is 22.2 Å². The third-order valence-electron chi connectivity index (χ3n) is 5.72. The molecule has 1 fully saturated rings. The van der Waals surface area contributed by atoms with Crippen molar-refractivity contribution in [1.29, 1.82) is 0 Å². The van der Waals surface area contributed by atoms with E-state index in [9.17, 15) is 4.79 Å². The quantitative estimate of drug-likeness (QED) is 0.856. The average Bonchev–Trinajstić information content (AvgIpc) is 3.19. The van der Waals surface area contributed by atoms with Crippen molar-refractivity contribution in [3.63, 3.8) is 0 Å². The van der Waals surface area contributed by atoms with Crippen LogP contribution in [0.2, 0.25) is 0 Å². The Labute approximate surface area is 165 Å². The lowest BCUT2D eigenvalue weighted by molar-refractivity contribution is -0.121. The van der Waals surface area contributed by atoms with Gasteiger partial charge in [0, 0.05) is 37.4 Å². The molecule has 1 aromatic carbocycles. The molecule has 0 bridgehead atoms. The zero-order valence-electron chi connectivity index (χ0n) is 16.6. The Morgan fingerprint density at radius 2 is 2.11 bits per heavy atom. The van der Waals surface area contributed by atoms with E-state index in [0.717, 1.165) is 56.0 Å². The summed E-state index contributed by atoms with van der Waals surface area (Å²) in [6.45, 7) is 5.34. The van der Waals surface area contributed by atoms with Crippen molar-refractivity contribution in [2.45, 2.75) is 45.2 Å². The van der Waals surface area contributed by atoms with Crippen molar-refractivity contribution in [1.82, 2.24) is 20.0 Å². The van der Waals surface area contributed by atoms with Gasteiger partial charge in [-0.15, -0.1) is 0 Å². The predicted molar refractivity (Wildman–Crippen MR) is 105 cm³/mol. The topological polar surface area (TPSA) is 68.6 Å². The minimum atomic E-state index is 0.0698. The number of rotatable bonds is 5. The highest BCUT2D eigenvalue weighted by Gasteiger charge is 2.20. The first-order valence-electron chi connectivity index (χ1n) is 9.96. The van der Waals surface area contributed by atoms with Crippen LogP contribution in [-0.4, -0.2) is 46.5 Å². The molecule has 0 aliphatic carbocycles. The minimum absolute atomic E-state index is 0.0698. The summed E-state index contributed by atoms with van der Waals surface area (Å²) in [5.41, 5.74) is 3.45. The zero-order chi connectivity index (χ0) is 19.5. The van der Waals surface area contributed by atoms with Gasteiger partial charge in [0.05, 0.1) is 12.6 Å². The van der Waals surface area contributed by atoms with Gasteiger partial charge in [-0.25, -0.2) is 0 Å². The van der Waals surface area contributed by atoms with Gasteiger partial charge in [0.25, 0.3) is 0 Å². The molecule has 1 saturated heterocycles. The molecule has 1 atom stereocenters. The molecule has 1 unspecified atom stereocenters. The number of aromatic nitrogens is 2. The van der Waals surface area contributed by atoms with Gasteiger partial charge in [-0.1, -0.05) is 6.07 Å². The van der Waals surface area contributed by atoms with E-state index in [4.69, 9.17) is 9.47 Å². The van der Waals surface area contributed by atoms with Crippen molar-refractivity contribution < 1.29 is 14.3 Å². The average molecular weight is 384 g/mol. The Morgan fingerprint density at radius 3 is 2.93 bits per heavy atom. The summed E-state index contributed by atoms with van der Waals surface area (Å²) < 4.78 is 12.6. The summed E-state index contributed by atoms with van der Waals surface area (Å²) in [5.74, 6) is 1.54. The number of hydrogen-bond donors (Lipinski definition) is 1. The number of ether oxygens (including phenoxy) is 2. The fraction of sp³-hybridized carbons (Fsp3) is 0.524. The second-order valence-electron chi connectivity index (χ2n) is 7.71. The molecule has 150 valence electrons. The zero-order valence-corrected chi connectivity index (χ0v) is 16.6. The number of amides is 1. The van der Waals surface area contributed by atoms with Gasteiger partial charge >= 0.3 is 0 Å². The molecule has 2 aromatic rings. The van der Waals surface area contributed by atoms with Crippen LogP contribution >= 0.6 is 0 Å². The summed E-state index contributed by atoms with van der Waals surface area (Å²) in [6, 6.07) is 5.93. The summed E-state index contributed by atoms with van der Waals surface area (Å²) in [5, 5.41) is 7.56. The number of nitrogens with one attached hydrogen (secondary N) is 1. The molecule has 2 aliphatic rings. The van der Waals surface area contributed by atoms with E-state index >= 15 is 0 Å². The van der Waals surface area contributed by atoms with Crippen LogP contribution in [0.5, 0.6) is 11.5 Å². The normalized spacial score (nSPS) is 19.4. The van der Waals surface area contributed by atoms with Gasteiger partial charge in [0.1, 0.15) is 0 Å². The maximum atomic E-state index is 12.5. The largest absolute Gasteiger partial charge is 0.454 e. The van der Waals surface area contributed by atoms with E-state index in [0.29, 0.717) is 6.42 Å². The first-order valence-corrected chi connectivity index (χ1v) is 9.96. The molecule has 1 amide bonds.